The topological polar surface area (TPSA) is 114 Å². The highest BCUT2D eigenvalue weighted by Gasteiger charge is 2.39. The number of carbonyl (C=O) groups is 4. The van der Waals surface area contributed by atoms with Gasteiger partial charge in [-0.15, -0.1) is 6.58 Å². The molecule has 0 aliphatic carbocycles. The molecule has 0 spiro atoms. The van der Waals surface area contributed by atoms with Crippen LogP contribution in [0.4, 0.5) is 10.5 Å². The number of nitrogens with zero attached hydrogens (tertiary/aromatic N) is 2. The minimum absolute atomic E-state index is 0.00267. The highest BCUT2D eigenvalue weighted by atomic mass is 32.1. The Morgan fingerprint density at radius 2 is 1.69 bits per heavy atom. The smallest absolute Gasteiger partial charge is 0.410 e. The van der Waals surface area contributed by atoms with Crippen molar-refractivity contribution in [3.8, 4) is 0 Å². The molecule has 188 valence electrons. The molecule has 0 unspecified atom stereocenters. The summed E-state index contributed by atoms with van der Waals surface area (Å²) in [5, 5.41) is 3.44. The Bertz CT molecular complexity index is 997. The van der Waals surface area contributed by atoms with Crippen molar-refractivity contribution < 1.29 is 33.5 Å². The molecular formula is C24H29N3O7S. The van der Waals surface area contributed by atoms with E-state index in [-0.39, 0.29) is 48.4 Å². The molecule has 1 aliphatic rings. The van der Waals surface area contributed by atoms with Crippen molar-refractivity contribution >= 4 is 42.2 Å². The summed E-state index contributed by atoms with van der Waals surface area (Å²) in [5.74, 6) is -1.80. The molecule has 0 saturated carbocycles. The molecule has 3 amide bonds. The minimum Gasteiger partial charge on any atom is -0.458 e. The van der Waals surface area contributed by atoms with E-state index < -0.39 is 29.9 Å². The largest absolute Gasteiger partial charge is 0.458 e. The van der Waals surface area contributed by atoms with E-state index in [2.05, 4.69) is 37.7 Å². The van der Waals surface area contributed by atoms with Crippen LogP contribution < -0.4 is 5.32 Å². The molecule has 1 fully saturated rings. The molecule has 2 atom stereocenters. The number of ether oxygens (including phenoxy) is 2. The first-order valence-electron chi connectivity index (χ1n) is 10.7. The summed E-state index contributed by atoms with van der Waals surface area (Å²) in [6.45, 7) is 10.8. The van der Waals surface area contributed by atoms with Gasteiger partial charge >= 0.3 is 12.1 Å². The number of hydrogen-bond donors (Lipinski definition) is 2. The number of carbonyl (C=O) groups excluding carboxylic acids is 4. The monoisotopic (exact) mass is 503 g/mol. The second-order valence-electron chi connectivity index (χ2n) is 7.49. The molecule has 0 bridgehead atoms. The maximum absolute atomic E-state index is 13.1. The summed E-state index contributed by atoms with van der Waals surface area (Å²) in [6, 6.07) is 3.24. The van der Waals surface area contributed by atoms with Crippen molar-refractivity contribution in [1.29, 1.82) is 0 Å². The fourth-order valence-electron chi connectivity index (χ4n) is 3.27. The van der Waals surface area contributed by atoms with E-state index in [0.29, 0.717) is 6.42 Å². The molecular weight excluding hydrogens is 474 g/mol. The van der Waals surface area contributed by atoms with E-state index in [0.717, 1.165) is 5.06 Å². The molecule has 1 aromatic carbocycles. The Hall–Kier alpha value is -3.57. The van der Waals surface area contributed by atoms with Gasteiger partial charge in [-0.2, -0.15) is 12.6 Å². The summed E-state index contributed by atoms with van der Waals surface area (Å²) < 4.78 is 10.1. The molecule has 0 aromatic heterocycles. The van der Waals surface area contributed by atoms with E-state index in [9.17, 15) is 19.2 Å². The number of nitrogens with one attached hydrogen (secondary N) is 1. The lowest BCUT2D eigenvalue weighted by Gasteiger charge is -2.23. The maximum atomic E-state index is 13.1. The lowest BCUT2D eigenvalue weighted by Crippen LogP contribution is -2.43. The van der Waals surface area contributed by atoms with Crippen molar-refractivity contribution in [3.63, 3.8) is 0 Å². The standard InChI is InChI=1S/C24H29N3O7S/c1-5-8-32-23(30)17-11-16(22(29)26(4)34-10-7-3)12-18(13-17)25-21(28)20-14-19(35)15-27(20)24(31)33-9-6-2/h5-7,11-13,19-20,35H,1-3,8-10,14-15H2,4H3,(H,25,28)/t19-,20-/m0/s1. The molecule has 1 aliphatic heterocycles. The van der Waals surface area contributed by atoms with Gasteiger partial charge in [0, 0.05) is 30.1 Å². The van der Waals surface area contributed by atoms with Gasteiger partial charge in [-0.25, -0.2) is 14.7 Å². The van der Waals surface area contributed by atoms with Crippen molar-refractivity contribution in [3.05, 3.63) is 67.3 Å². The lowest BCUT2D eigenvalue weighted by molar-refractivity contribution is -0.120. The van der Waals surface area contributed by atoms with Gasteiger partial charge in [-0.3, -0.25) is 19.3 Å². The number of rotatable bonds is 11. The van der Waals surface area contributed by atoms with Crippen LogP contribution in [0.25, 0.3) is 0 Å². The van der Waals surface area contributed by atoms with Gasteiger partial charge < -0.3 is 14.8 Å². The Morgan fingerprint density at radius 3 is 2.34 bits per heavy atom. The summed E-state index contributed by atoms with van der Waals surface area (Å²) in [6.07, 6.45) is 3.93. The second-order valence-corrected chi connectivity index (χ2v) is 8.22. The van der Waals surface area contributed by atoms with E-state index in [1.807, 2.05) is 0 Å². The minimum atomic E-state index is -0.857. The second kappa shape index (κ2) is 13.4. The third-order valence-electron chi connectivity index (χ3n) is 4.83. The molecule has 1 N–H and O–H groups in total. The van der Waals surface area contributed by atoms with Gasteiger partial charge in [-0.1, -0.05) is 31.4 Å². The maximum Gasteiger partial charge on any atom is 0.410 e. The fraction of sp³-hybridized carbons (Fsp3) is 0.333. The number of benzene rings is 1. The first-order chi connectivity index (χ1) is 16.7. The van der Waals surface area contributed by atoms with Crippen LogP contribution in [0, 0.1) is 0 Å². The van der Waals surface area contributed by atoms with E-state index in [4.69, 9.17) is 14.3 Å². The lowest BCUT2D eigenvalue weighted by atomic mass is 10.1. The van der Waals surface area contributed by atoms with Crippen LogP contribution in [-0.4, -0.2) is 78.5 Å². The predicted octanol–water partition coefficient (Wildman–Crippen LogP) is 2.85. The first kappa shape index (κ1) is 27.7. The summed E-state index contributed by atoms with van der Waals surface area (Å²) >= 11 is 4.40. The number of likely N-dealkylation sites (tertiary alicyclic amines) is 1. The quantitative estimate of drug-likeness (QED) is 0.207. The van der Waals surface area contributed by atoms with Crippen molar-refractivity contribution in [1.82, 2.24) is 9.96 Å². The number of thiol groups is 1. The zero-order valence-electron chi connectivity index (χ0n) is 19.5. The number of amides is 3. The molecule has 2 rings (SSSR count). The van der Waals surface area contributed by atoms with Gasteiger partial charge in [0.1, 0.15) is 19.3 Å². The first-order valence-corrected chi connectivity index (χ1v) is 11.2. The Morgan fingerprint density at radius 1 is 1.06 bits per heavy atom. The van der Waals surface area contributed by atoms with Crippen LogP contribution in [0.15, 0.2) is 56.2 Å². The predicted molar refractivity (Wildman–Crippen MR) is 133 cm³/mol. The highest BCUT2D eigenvalue weighted by Crippen LogP contribution is 2.25. The molecule has 11 heteroatoms. The summed E-state index contributed by atoms with van der Waals surface area (Å²) in [4.78, 5) is 57.2. The van der Waals surface area contributed by atoms with Crippen molar-refractivity contribution in [2.75, 3.05) is 38.7 Å². The summed E-state index contributed by atoms with van der Waals surface area (Å²) in [5.41, 5.74) is 0.261. The van der Waals surface area contributed by atoms with Gasteiger partial charge in [0.15, 0.2) is 0 Å². The van der Waals surface area contributed by atoms with Crippen LogP contribution in [0.2, 0.25) is 0 Å². The van der Waals surface area contributed by atoms with E-state index >= 15 is 0 Å². The Labute approximate surface area is 209 Å². The van der Waals surface area contributed by atoms with Crippen LogP contribution in [0.1, 0.15) is 27.1 Å². The molecule has 1 aromatic rings. The molecule has 0 radical (unpaired) electrons. The van der Waals surface area contributed by atoms with Crippen LogP contribution in [0.5, 0.6) is 0 Å². The van der Waals surface area contributed by atoms with E-state index in [1.165, 1.54) is 48.4 Å². The number of anilines is 1. The van der Waals surface area contributed by atoms with Crippen molar-refractivity contribution in [2.45, 2.75) is 17.7 Å². The third kappa shape index (κ3) is 7.72. The third-order valence-corrected chi connectivity index (χ3v) is 5.20. The normalized spacial score (nSPS) is 16.7. The SMILES string of the molecule is C=CCOC(=O)c1cc(NC(=O)[C@@H]2C[C@H](S)CN2C(=O)OCC=C)cc(C(=O)N(C)OCC=C)c1. The number of hydrogen-bond acceptors (Lipinski definition) is 8. The average Bonchev–Trinajstić information content (AvgIpc) is 3.25. The molecule has 35 heavy (non-hydrogen) atoms. The fourth-order valence-corrected chi connectivity index (χ4v) is 3.64. The van der Waals surface area contributed by atoms with Gasteiger partial charge in [0.25, 0.3) is 5.91 Å². The highest BCUT2D eigenvalue weighted by molar-refractivity contribution is 7.81. The summed E-state index contributed by atoms with van der Waals surface area (Å²) in [7, 11) is 1.41. The van der Waals surface area contributed by atoms with E-state index in [1.54, 1.807) is 0 Å². The van der Waals surface area contributed by atoms with Crippen LogP contribution in [0.3, 0.4) is 0 Å². The zero-order valence-corrected chi connectivity index (χ0v) is 20.4. The molecule has 10 nitrogen and oxygen atoms in total. The van der Waals surface area contributed by atoms with Gasteiger partial charge in [0.2, 0.25) is 5.91 Å². The van der Waals surface area contributed by atoms with Gasteiger partial charge in [0.05, 0.1) is 12.2 Å². The zero-order chi connectivity index (χ0) is 26.0. The van der Waals surface area contributed by atoms with Crippen LogP contribution in [-0.2, 0) is 19.1 Å². The average molecular weight is 504 g/mol. The Balaban J connectivity index is 2.31. The van der Waals surface area contributed by atoms with Crippen molar-refractivity contribution in [2.24, 2.45) is 0 Å². The van der Waals surface area contributed by atoms with Crippen LogP contribution >= 0.6 is 12.6 Å². The molecule has 1 heterocycles. The number of esters is 1. The van der Waals surface area contributed by atoms with Gasteiger partial charge in [-0.05, 0) is 24.6 Å². The molecule has 1 saturated heterocycles. The Kier molecular flexibility index (Phi) is 10.6. The number of hydroxylamine groups is 2.